The lowest BCUT2D eigenvalue weighted by Crippen LogP contribution is -2.31. The molecule has 0 spiro atoms. The number of allylic oxidation sites excluding steroid dienone is 1. The van der Waals surface area contributed by atoms with Crippen molar-refractivity contribution in [1.29, 1.82) is 0 Å². The molecule has 1 unspecified atom stereocenters. The predicted octanol–water partition coefficient (Wildman–Crippen LogP) is 3.68. The summed E-state index contributed by atoms with van der Waals surface area (Å²) in [4.78, 5) is 0. The highest BCUT2D eigenvalue weighted by Gasteiger charge is 2.27. The number of rotatable bonds is 11. The van der Waals surface area contributed by atoms with Crippen molar-refractivity contribution < 1.29 is 17.9 Å². The number of ether oxygens (including phenoxy) is 1. The second kappa shape index (κ2) is 10.4. The van der Waals surface area contributed by atoms with E-state index >= 15 is 0 Å². The summed E-state index contributed by atoms with van der Waals surface area (Å²) >= 11 is 0. The Kier molecular flexibility index (Phi) is 10.1. The minimum atomic E-state index is -4.23. The smallest absolute Gasteiger partial charge is 0.372 e. The van der Waals surface area contributed by atoms with Crippen LogP contribution < -0.4 is 5.32 Å². The van der Waals surface area contributed by atoms with Gasteiger partial charge in [0.1, 0.15) is 6.61 Å². The summed E-state index contributed by atoms with van der Waals surface area (Å²) in [5.74, 6) is 0. The number of alkyl halides is 3. The van der Waals surface area contributed by atoms with Crippen LogP contribution in [0, 0.1) is 0 Å². The molecule has 0 amide bonds. The van der Waals surface area contributed by atoms with Crippen molar-refractivity contribution in [2.24, 2.45) is 0 Å². The van der Waals surface area contributed by atoms with Crippen molar-refractivity contribution in [3.63, 3.8) is 0 Å². The Hall–Kier alpha value is -0.550. The van der Waals surface area contributed by atoms with Gasteiger partial charge in [0.2, 0.25) is 0 Å². The molecule has 0 saturated carbocycles. The van der Waals surface area contributed by atoms with Gasteiger partial charge in [0.05, 0.1) is 0 Å². The van der Waals surface area contributed by atoms with Gasteiger partial charge in [-0.15, -0.1) is 6.58 Å². The van der Waals surface area contributed by atoms with Gasteiger partial charge in [0, 0.05) is 12.6 Å². The molecule has 0 aliphatic rings. The number of hydrogen-bond acceptors (Lipinski definition) is 2. The highest BCUT2D eigenvalue weighted by Crippen LogP contribution is 2.15. The topological polar surface area (TPSA) is 21.3 Å². The molecule has 1 atom stereocenters. The van der Waals surface area contributed by atoms with Gasteiger partial charge in [-0.3, -0.25) is 0 Å². The van der Waals surface area contributed by atoms with Crippen molar-refractivity contribution >= 4 is 0 Å². The average Bonchev–Trinajstić information content (AvgIpc) is 2.29. The quantitative estimate of drug-likeness (QED) is 0.455. The summed E-state index contributed by atoms with van der Waals surface area (Å²) in [5.41, 5.74) is 0. The molecule has 1 N–H and O–H groups in total. The standard InChI is InChI=1S/C13H24F3NO/c1-3-5-6-7-12(17-9-4-2)8-10-18-11-13(14,15)16/h3,12,17H,1,4-11H2,2H3. The largest absolute Gasteiger partial charge is 0.411 e. The molecule has 0 aromatic carbocycles. The maximum Gasteiger partial charge on any atom is 0.411 e. The van der Waals surface area contributed by atoms with Gasteiger partial charge in [0.15, 0.2) is 0 Å². The van der Waals surface area contributed by atoms with Crippen molar-refractivity contribution in [3.8, 4) is 0 Å². The van der Waals surface area contributed by atoms with Crippen LogP contribution in [0.1, 0.15) is 39.0 Å². The second-order valence-electron chi connectivity index (χ2n) is 4.33. The van der Waals surface area contributed by atoms with E-state index in [4.69, 9.17) is 0 Å². The predicted molar refractivity (Wildman–Crippen MR) is 67.6 cm³/mol. The zero-order chi connectivity index (χ0) is 13.9. The number of unbranched alkanes of at least 4 members (excludes halogenated alkanes) is 1. The molecule has 2 nitrogen and oxygen atoms in total. The van der Waals surface area contributed by atoms with Gasteiger partial charge in [0.25, 0.3) is 0 Å². The van der Waals surface area contributed by atoms with E-state index in [9.17, 15) is 13.2 Å². The van der Waals surface area contributed by atoms with Crippen LogP contribution in [0.15, 0.2) is 12.7 Å². The lowest BCUT2D eigenvalue weighted by Gasteiger charge is -2.18. The first-order chi connectivity index (χ1) is 8.49. The molecule has 0 saturated heterocycles. The first kappa shape index (κ1) is 17.4. The van der Waals surface area contributed by atoms with E-state index in [1.54, 1.807) is 0 Å². The van der Waals surface area contributed by atoms with Crippen LogP contribution in [0.2, 0.25) is 0 Å². The average molecular weight is 267 g/mol. The van der Waals surface area contributed by atoms with E-state index in [1.165, 1.54) is 0 Å². The molecule has 0 fully saturated rings. The molecule has 0 radical (unpaired) electrons. The first-order valence-electron chi connectivity index (χ1n) is 6.48. The molecule has 108 valence electrons. The fourth-order valence-corrected chi connectivity index (χ4v) is 1.62. The molecule has 0 bridgehead atoms. The molecule has 0 heterocycles. The van der Waals surface area contributed by atoms with Crippen molar-refractivity contribution in [1.82, 2.24) is 5.32 Å². The molecular weight excluding hydrogens is 243 g/mol. The van der Waals surface area contributed by atoms with Gasteiger partial charge in [-0.2, -0.15) is 13.2 Å². The summed E-state index contributed by atoms with van der Waals surface area (Å²) in [5, 5.41) is 3.33. The van der Waals surface area contributed by atoms with Crippen LogP contribution in [0.25, 0.3) is 0 Å². The van der Waals surface area contributed by atoms with Crippen LogP contribution in [-0.2, 0) is 4.74 Å². The lowest BCUT2D eigenvalue weighted by atomic mass is 10.1. The van der Waals surface area contributed by atoms with Crippen molar-refractivity contribution in [2.75, 3.05) is 19.8 Å². The Morgan fingerprint density at radius 3 is 2.61 bits per heavy atom. The molecule has 0 rings (SSSR count). The molecule has 5 heteroatoms. The summed E-state index contributed by atoms with van der Waals surface area (Å²) in [6.07, 6.45) is 2.15. The Morgan fingerprint density at radius 1 is 1.33 bits per heavy atom. The Balaban J connectivity index is 3.74. The SMILES string of the molecule is C=CCCCC(CCOCC(F)(F)F)NCCC. The monoisotopic (exact) mass is 267 g/mol. The fraction of sp³-hybridized carbons (Fsp3) is 0.846. The Morgan fingerprint density at radius 2 is 2.06 bits per heavy atom. The zero-order valence-electron chi connectivity index (χ0n) is 11.1. The highest BCUT2D eigenvalue weighted by molar-refractivity contribution is 4.71. The molecule has 0 aromatic heterocycles. The van der Waals surface area contributed by atoms with E-state index in [0.717, 1.165) is 32.2 Å². The lowest BCUT2D eigenvalue weighted by molar-refractivity contribution is -0.174. The van der Waals surface area contributed by atoms with Gasteiger partial charge < -0.3 is 10.1 Å². The third-order valence-corrected chi connectivity index (χ3v) is 2.52. The van der Waals surface area contributed by atoms with Crippen LogP contribution in [0.5, 0.6) is 0 Å². The summed E-state index contributed by atoms with van der Waals surface area (Å²) in [6.45, 7) is 5.60. The molecule has 0 aliphatic heterocycles. The maximum atomic E-state index is 11.9. The second-order valence-corrected chi connectivity index (χ2v) is 4.33. The van der Waals surface area contributed by atoms with E-state index in [0.29, 0.717) is 6.42 Å². The van der Waals surface area contributed by atoms with Crippen molar-refractivity contribution in [2.45, 2.75) is 51.2 Å². The molecular formula is C13H24F3NO. The minimum Gasteiger partial charge on any atom is -0.372 e. The minimum absolute atomic E-state index is 0.148. The first-order valence-corrected chi connectivity index (χ1v) is 6.48. The Bertz CT molecular complexity index is 207. The summed E-state index contributed by atoms with van der Waals surface area (Å²) in [7, 11) is 0. The fourth-order valence-electron chi connectivity index (χ4n) is 1.62. The molecule has 0 aromatic rings. The van der Waals surface area contributed by atoms with Gasteiger partial charge in [-0.25, -0.2) is 0 Å². The van der Waals surface area contributed by atoms with Gasteiger partial charge in [-0.1, -0.05) is 13.0 Å². The Labute approximate surface area is 108 Å². The third kappa shape index (κ3) is 11.9. The zero-order valence-corrected chi connectivity index (χ0v) is 11.1. The van der Waals surface area contributed by atoms with Crippen LogP contribution in [-0.4, -0.2) is 32.0 Å². The van der Waals surface area contributed by atoms with Crippen LogP contribution in [0.4, 0.5) is 13.2 Å². The summed E-state index contributed by atoms with van der Waals surface area (Å²) in [6, 6.07) is 0.234. The summed E-state index contributed by atoms with van der Waals surface area (Å²) < 4.78 is 40.3. The number of halogens is 3. The highest BCUT2D eigenvalue weighted by atomic mass is 19.4. The molecule has 18 heavy (non-hydrogen) atoms. The number of hydrogen-bond donors (Lipinski definition) is 1. The van der Waals surface area contributed by atoms with E-state index < -0.39 is 12.8 Å². The van der Waals surface area contributed by atoms with Gasteiger partial charge in [-0.05, 0) is 38.6 Å². The maximum absolute atomic E-state index is 11.9. The van der Waals surface area contributed by atoms with E-state index in [1.807, 2.05) is 6.08 Å². The third-order valence-electron chi connectivity index (χ3n) is 2.52. The number of nitrogens with one attached hydrogen (secondary N) is 1. The van der Waals surface area contributed by atoms with Crippen LogP contribution >= 0.6 is 0 Å². The van der Waals surface area contributed by atoms with E-state index in [-0.39, 0.29) is 12.6 Å². The van der Waals surface area contributed by atoms with Gasteiger partial charge >= 0.3 is 6.18 Å². The van der Waals surface area contributed by atoms with Crippen LogP contribution in [0.3, 0.4) is 0 Å². The van der Waals surface area contributed by atoms with E-state index in [2.05, 4.69) is 23.6 Å². The molecule has 0 aliphatic carbocycles. The normalized spacial score (nSPS) is 13.6. The van der Waals surface area contributed by atoms with Crippen molar-refractivity contribution in [3.05, 3.63) is 12.7 Å².